The number of nitrogens with zero attached hydrogens (tertiary/aromatic N) is 2. The Morgan fingerprint density at radius 3 is 1.79 bits per heavy atom. The van der Waals surface area contributed by atoms with Gasteiger partial charge in [-0.25, -0.2) is 21.4 Å². The zero-order valence-corrected chi connectivity index (χ0v) is 23.3. The summed E-state index contributed by atoms with van der Waals surface area (Å²) >= 11 is 0. The lowest BCUT2D eigenvalue weighted by atomic mass is 9.90. The van der Waals surface area contributed by atoms with Gasteiger partial charge in [0.15, 0.2) is 5.71 Å². The molecule has 11 heteroatoms. The molecule has 0 spiro atoms. The Bertz CT molecular complexity index is 1520. The van der Waals surface area contributed by atoms with E-state index in [-0.39, 0.29) is 11.1 Å². The van der Waals surface area contributed by atoms with Crippen molar-refractivity contribution in [1.82, 2.24) is 0 Å². The van der Waals surface area contributed by atoms with E-state index in [0.717, 1.165) is 43.6 Å². The molecule has 0 aromatic heterocycles. The van der Waals surface area contributed by atoms with E-state index in [1.165, 1.54) is 0 Å². The van der Waals surface area contributed by atoms with Crippen LogP contribution in [0.2, 0.25) is 0 Å². The van der Waals surface area contributed by atoms with Crippen molar-refractivity contribution >= 4 is 37.2 Å². The minimum absolute atomic E-state index is 0.212. The molecule has 0 saturated heterocycles. The van der Waals surface area contributed by atoms with Crippen LogP contribution in [0, 0.1) is 0 Å². The first-order valence-corrected chi connectivity index (χ1v) is 15.0. The predicted octanol–water partition coefficient (Wildman–Crippen LogP) is 3.47. The minimum atomic E-state index is -5.25. The van der Waals surface area contributed by atoms with Crippen molar-refractivity contribution in [3.05, 3.63) is 77.4 Å². The number of hydrogen-bond donors (Lipinski definition) is 1. The fraction of sp³-hybridized carbons (Fsp3) is 0.296. The number of anilines is 1. The van der Waals surface area contributed by atoms with Gasteiger partial charge in [0.2, 0.25) is 0 Å². The van der Waals surface area contributed by atoms with Crippen molar-refractivity contribution in [2.24, 2.45) is 0 Å². The van der Waals surface area contributed by atoms with Gasteiger partial charge in [0.1, 0.15) is 39.1 Å². The Hall–Kier alpha value is -3.25. The topological polar surface area (TPSA) is 141 Å². The first-order chi connectivity index (χ1) is 17.8. The first-order valence-electron chi connectivity index (χ1n) is 12.2. The number of benzene rings is 2. The monoisotopic (exact) mass is 559 g/mol. The van der Waals surface area contributed by atoms with Gasteiger partial charge in [-0.3, -0.25) is 0 Å². The number of hydrogen-bond acceptors (Lipinski definition) is 8. The highest BCUT2D eigenvalue weighted by Gasteiger charge is 2.23. The molecule has 0 saturated carbocycles. The summed E-state index contributed by atoms with van der Waals surface area (Å²) in [5.74, 6) is -0.945. The molecule has 204 valence electrons. The molecule has 1 N–H and O–H groups in total. The fourth-order valence-electron chi connectivity index (χ4n) is 4.49. The Balaban J connectivity index is 2.38. The van der Waals surface area contributed by atoms with Gasteiger partial charge in [0.25, 0.3) is 0 Å². The second kappa shape index (κ2) is 11.6. The zero-order chi connectivity index (χ0) is 28.3. The van der Waals surface area contributed by atoms with Gasteiger partial charge < -0.3 is 19.1 Å². The summed E-state index contributed by atoms with van der Waals surface area (Å²) in [6, 6.07) is 8.52. The fourth-order valence-corrected chi connectivity index (χ4v) is 5.83. The molecule has 0 heterocycles. The minimum Gasteiger partial charge on any atom is -0.744 e. The van der Waals surface area contributed by atoms with Gasteiger partial charge in [0, 0.05) is 36.5 Å². The summed E-state index contributed by atoms with van der Waals surface area (Å²) in [4.78, 5) is 0.0272. The molecule has 0 unspecified atom stereocenters. The Kier molecular flexibility index (Phi) is 8.98. The molecule has 2 aromatic carbocycles. The predicted molar refractivity (Wildman–Crippen MR) is 145 cm³/mol. The van der Waals surface area contributed by atoms with E-state index < -0.39 is 35.8 Å². The molecule has 2 aromatic rings. The largest absolute Gasteiger partial charge is 0.744 e. The lowest BCUT2D eigenvalue weighted by Gasteiger charge is -2.23. The molecule has 1 aliphatic carbocycles. The normalized spacial score (nSPS) is 13.6. The van der Waals surface area contributed by atoms with Gasteiger partial charge in [-0.1, -0.05) is 12.1 Å². The highest BCUT2D eigenvalue weighted by atomic mass is 32.2. The van der Waals surface area contributed by atoms with Crippen LogP contribution >= 0.6 is 0 Å². The third-order valence-electron chi connectivity index (χ3n) is 6.44. The van der Waals surface area contributed by atoms with Crippen LogP contribution in [-0.4, -0.2) is 67.5 Å². The molecule has 9 nitrogen and oxygen atoms in total. The van der Waals surface area contributed by atoms with Crippen molar-refractivity contribution in [3.8, 4) is 5.75 Å². The molecule has 0 aliphatic heterocycles. The number of phenols is 1. The molecule has 1 aliphatic rings. The Labute approximate surface area is 224 Å². The highest BCUT2D eigenvalue weighted by Crippen LogP contribution is 2.38. The molecule has 0 radical (unpaired) electrons. The standard InChI is InChI=1S/C27H32N2O7S2/c1-5-28(6-2)21-13-9-19(10-14-21)27(20-11-15-22(16-12-20)29(7-3)8-4)23-17-24(30)26(38(34,35)36)18-25(23)37(31,32)33/h9-18H,5-8H2,1-4H3,(H2-,30,31,32,33,34,35,36)/p-1. The molecule has 0 bridgehead atoms. The summed E-state index contributed by atoms with van der Waals surface area (Å²) in [6.45, 7) is 11.2. The van der Waals surface area contributed by atoms with Crippen LogP contribution in [0.25, 0.3) is 5.57 Å². The summed E-state index contributed by atoms with van der Waals surface area (Å²) in [5.41, 5.74) is 2.99. The molecule has 3 rings (SSSR count). The van der Waals surface area contributed by atoms with E-state index in [0.29, 0.717) is 17.2 Å². The van der Waals surface area contributed by atoms with E-state index in [9.17, 15) is 31.0 Å². The number of allylic oxidation sites excluding steroid dienone is 5. The van der Waals surface area contributed by atoms with Crippen LogP contribution in [0.4, 0.5) is 5.69 Å². The maximum Gasteiger partial charge on any atom is 0.199 e. The molecular formula is C27H31N2O7S2-. The maximum absolute atomic E-state index is 12.3. The third kappa shape index (κ3) is 6.24. The van der Waals surface area contributed by atoms with Crippen LogP contribution in [0.5, 0.6) is 5.75 Å². The second-order valence-electron chi connectivity index (χ2n) is 8.54. The van der Waals surface area contributed by atoms with Crippen LogP contribution in [0.1, 0.15) is 38.8 Å². The second-order valence-corrected chi connectivity index (χ2v) is 11.2. The average molecular weight is 560 g/mol. The summed E-state index contributed by atoms with van der Waals surface area (Å²) in [6.07, 6.45) is 7.23. The van der Waals surface area contributed by atoms with E-state index in [1.807, 2.05) is 52.0 Å². The summed E-state index contributed by atoms with van der Waals surface area (Å²) < 4.78 is 73.9. The Morgan fingerprint density at radius 1 is 0.816 bits per heavy atom. The number of phenolic OH excluding ortho intramolecular Hbond substituents is 1. The van der Waals surface area contributed by atoms with Crippen molar-refractivity contribution in [1.29, 1.82) is 0 Å². The van der Waals surface area contributed by atoms with E-state index >= 15 is 0 Å². The molecule has 38 heavy (non-hydrogen) atoms. The van der Waals surface area contributed by atoms with Gasteiger partial charge in [-0.2, -0.15) is 0 Å². The quantitative estimate of drug-likeness (QED) is 0.364. The summed E-state index contributed by atoms with van der Waals surface area (Å²) in [5, 5.41) is 10.4. The van der Waals surface area contributed by atoms with Crippen LogP contribution in [-0.2, 0) is 20.2 Å². The third-order valence-corrected chi connectivity index (χ3v) is 8.18. The highest BCUT2D eigenvalue weighted by molar-refractivity contribution is 7.86. The average Bonchev–Trinajstić information content (AvgIpc) is 2.86. The first kappa shape index (κ1) is 29.3. The van der Waals surface area contributed by atoms with E-state index in [2.05, 4.69) is 9.48 Å². The lowest BCUT2D eigenvalue weighted by molar-refractivity contribution is -0.519. The van der Waals surface area contributed by atoms with Gasteiger partial charge >= 0.3 is 0 Å². The number of rotatable bonds is 9. The SMILES string of the molecule is CCN(CC)c1ccc(C(=C2C=CC(=[N+](CC)CC)C=C2)c2cc(O)c(S(=O)(=O)[O-])cc2S(=O)(=O)[O-])cc1. The lowest BCUT2D eigenvalue weighted by Crippen LogP contribution is -2.21. The van der Waals surface area contributed by atoms with Crippen LogP contribution < -0.4 is 4.90 Å². The van der Waals surface area contributed by atoms with Crippen molar-refractivity contribution in [3.63, 3.8) is 0 Å². The summed E-state index contributed by atoms with van der Waals surface area (Å²) in [7, 11) is -10.5. The van der Waals surface area contributed by atoms with Crippen molar-refractivity contribution < 1.29 is 35.6 Å². The zero-order valence-electron chi connectivity index (χ0n) is 21.7. The van der Waals surface area contributed by atoms with Gasteiger partial charge in [-0.05, 0) is 80.8 Å². The van der Waals surface area contributed by atoms with E-state index in [4.69, 9.17) is 0 Å². The molecule has 0 amide bonds. The number of aromatic hydroxyl groups is 1. The maximum atomic E-state index is 12.3. The molecule has 0 atom stereocenters. The van der Waals surface area contributed by atoms with Crippen LogP contribution in [0.3, 0.4) is 0 Å². The van der Waals surface area contributed by atoms with Crippen LogP contribution in [0.15, 0.2) is 76.1 Å². The van der Waals surface area contributed by atoms with E-state index in [1.54, 1.807) is 24.3 Å². The molecular weight excluding hydrogens is 528 g/mol. The van der Waals surface area contributed by atoms with Crippen molar-refractivity contribution in [2.75, 3.05) is 31.1 Å². The Morgan fingerprint density at radius 2 is 1.34 bits per heavy atom. The van der Waals surface area contributed by atoms with Gasteiger partial charge in [0.05, 0.1) is 9.79 Å². The van der Waals surface area contributed by atoms with Gasteiger partial charge in [-0.15, -0.1) is 0 Å². The smallest absolute Gasteiger partial charge is 0.199 e. The molecule has 0 fully saturated rings. The van der Waals surface area contributed by atoms with Crippen molar-refractivity contribution in [2.45, 2.75) is 37.5 Å².